The van der Waals surface area contributed by atoms with E-state index in [9.17, 15) is 13.5 Å². The van der Waals surface area contributed by atoms with Crippen LogP contribution in [0.3, 0.4) is 0 Å². The van der Waals surface area contributed by atoms with E-state index in [1.165, 1.54) is 0 Å². The summed E-state index contributed by atoms with van der Waals surface area (Å²) in [5, 5.41) is 9.47. The van der Waals surface area contributed by atoms with E-state index in [-0.39, 0.29) is 10.9 Å². The van der Waals surface area contributed by atoms with Crippen molar-refractivity contribution in [1.82, 2.24) is 4.72 Å². The maximum absolute atomic E-state index is 12.4. The lowest BCUT2D eigenvalue weighted by Crippen LogP contribution is -2.37. The van der Waals surface area contributed by atoms with E-state index in [2.05, 4.69) is 18.6 Å². The molecule has 0 saturated heterocycles. The summed E-state index contributed by atoms with van der Waals surface area (Å²) in [5.74, 6) is 0.983. The quantitative estimate of drug-likeness (QED) is 0.878. The molecule has 1 aliphatic carbocycles. The highest BCUT2D eigenvalue weighted by Gasteiger charge is 2.34. The van der Waals surface area contributed by atoms with Crippen molar-refractivity contribution < 1.29 is 13.5 Å². The lowest BCUT2D eigenvalue weighted by Gasteiger charge is -2.21. The molecule has 0 spiro atoms. The van der Waals surface area contributed by atoms with Gasteiger partial charge in [0.2, 0.25) is 10.0 Å². The zero-order chi connectivity index (χ0) is 15.6. The average Bonchev–Trinajstić information content (AvgIpc) is 2.79. The molecule has 0 aliphatic heterocycles. The third kappa shape index (κ3) is 3.65. The van der Waals surface area contributed by atoms with Gasteiger partial charge in [-0.25, -0.2) is 13.1 Å². The van der Waals surface area contributed by atoms with Crippen LogP contribution >= 0.6 is 0 Å². The number of hydrogen-bond donors (Lipinski definition) is 2. The van der Waals surface area contributed by atoms with E-state index in [0.717, 1.165) is 19.3 Å². The zero-order valence-corrected chi connectivity index (χ0v) is 13.7. The van der Waals surface area contributed by atoms with Crippen LogP contribution in [0.1, 0.15) is 51.7 Å². The van der Waals surface area contributed by atoms with E-state index in [1.54, 1.807) is 31.2 Å². The van der Waals surface area contributed by atoms with Gasteiger partial charge in [0, 0.05) is 6.04 Å². The molecule has 0 heterocycles. The van der Waals surface area contributed by atoms with Crippen LogP contribution in [-0.4, -0.2) is 19.6 Å². The van der Waals surface area contributed by atoms with Crippen LogP contribution in [0.25, 0.3) is 0 Å². The summed E-state index contributed by atoms with van der Waals surface area (Å²) in [5.41, 5.74) is 0.717. The van der Waals surface area contributed by atoms with Crippen molar-refractivity contribution in [2.24, 2.45) is 11.8 Å². The molecule has 1 aromatic carbocycles. The monoisotopic (exact) mass is 311 g/mol. The number of aliphatic hydroxyl groups excluding tert-OH is 1. The SMILES string of the molecule is CCC1CCC(NS(=O)(=O)c2ccc(C(C)O)cc2)C1C. The van der Waals surface area contributed by atoms with Crippen molar-refractivity contribution >= 4 is 10.0 Å². The van der Waals surface area contributed by atoms with Crippen molar-refractivity contribution in [3.8, 4) is 0 Å². The molecule has 118 valence electrons. The van der Waals surface area contributed by atoms with Crippen molar-refractivity contribution in [3.05, 3.63) is 29.8 Å². The molecule has 1 saturated carbocycles. The summed E-state index contributed by atoms with van der Waals surface area (Å²) < 4.78 is 27.7. The number of hydrogen-bond acceptors (Lipinski definition) is 3. The van der Waals surface area contributed by atoms with E-state index < -0.39 is 16.1 Å². The van der Waals surface area contributed by atoms with Crippen molar-refractivity contribution in [2.75, 3.05) is 0 Å². The Balaban J connectivity index is 2.12. The second kappa shape index (κ2) is 6.46. The normalized spacial score (nSPS) is 27.7. The van der Waals surface area contributed by atoms with Gasteiger partial charge in [-0.1, -0.05) is 32.4 Å². The van der Waals surface area contributed by atoms with Gasteiger partial charge in [0.1, 0.15) is 0 Å². The van der Waals surface area contributed by atoms with Crippen molar-refractivity contribution in [3.63, 3.8) is 0 Å². The lowest BCUT2D eigenvalue weighted by atomic mass is 9.94. The molecule has 21 heavy (non-hydrogen) atoms. The molecular weight excluding hydrogens is 286 g/mol. The van der Waals surface area contributed by atoms with E-state index in [0.29, 0.717) is 17.4 Å². The van der Waals surface area contributed by atoms with Gasteiger partial charge in [0.05, 0.1) is 11.0 Å². The number of aliphatic hydroxyl groups is 1. The van der Waals surface area contributed by atoms with Gasteiger partial charge in [0.15, 0.2) is 0 Å². The van der Waals surface area contributed by atoms with Gasteiger partial charge in [-0.15, -0.1) is 0 Å². The fraction of sp³-hybridized carbons (Fsp3) is 0.625. The molecule has 1 aliphatic rings. The minimum absolute atomic E-state index is 0.0244. The van der Waals surface area contributed by atoms with Crippen LogP contribution in [0.15, 0.2) is 29.2 Å². The lowest BCUT2D eigenvalue weighted by molar-refractivity contribution is 0.199. The highest BCUT2D eigenvalue weighted by atomic mass is 32.2. The summed E-state index contributed by atoms with van der Waals surface area (Å²) >= 11 is 0. The Hall–Kier alpha value is -0.910. The minimum Gasteiger partial charge on any atom is -0.389 e. The first-order valence-corrected chi connectivity index (χ1v) is 9.13. The summed E-state index contributed by atoms with van der Waals surface area (Å²) in [4.78, 5) is 0.263. The molecule has 4 atom stereocenters. The van der Waals surface area contributed by atoms with Gasteiger partial charge in [0.25, 0.3) is 0 Å². The fourth-order valence-corrected chi connectivity index (χ4v) is 4.54. The second-order valence-corrected chi connectivity index (χ2v) is 7.79. The highest BCUT2D eigenvalue weighted by Crippen LogP contribution is 2.34. The predicted molar refractivity (Wildman–Crippen MR) is 83.4 cm³/mol. The molecule has 5 heteroatoms. The standard InChI is InChI=1S/C16H25NO3S/c1-4-13-7-10-16(11(13)2)17-21(19,20)15-8-5-14(6-9-15)12(3)18/h5-6,8-9,11-13,16-18H,4,7,10H2,1-3H3. The third-order valence-electron chi connectivity index (χ3n) is 4.73. The van der Waals surface area contributed by atoms with Gasteiger partial charge in [-0.3, -0.25) is 0 Å². The number of rotatable bonds is 5. The van der Waals surface area contributed by atoms with Crippen LogP contribution in [0, 0.1) is 11.8 Å². The fourth-order valence-electron chi connectivity index (χ4n) is 3.18. The number of sulfonamides is 1. The van der Waals surface area contributed by atoms with Gasteiger partial charge < -0.3 is 5.11 Å². The Labute approximate surface area is 127 Å². The zero-order valence-electron chi connectivity index (χ0n) is 12.9. The van der Waals surface area contributed by atoms with Crippen LogP contribution in [0.5, 0.6) is 0 Å². The smallest absolute Gasteiger partial charge is 0.240 e. The van der Waals surface area contributed by atoms with Crippen LogP contribution in [-0.2, 0) is 10.0 Å². The maximum Gasteiger partial charge on any atom is 0.240 e. The molecule has 1 fully saturated rings. The molecule has 0 radical (unpaired) electrons. The van der Waals surface area contributed by atoms with Gasteiger partial charge in [-0.2, -0.15) is 0 Å². The minimum atomic E-state index is -3.48. The molecule has 4 unspecified atom stereocenters. The Kier molecular flexibility index (Phi) is 5.07. The Morgan fingerprint density at radius 1 is 1.29 bits per heavy atom. The first-order valence-electron chi connectivity index (χ1n) is 7.65. The third-order valence-corrected chi connectivity index (χ3v) is 6.24. The van der Waals surface area contributed by atoms with Crippen molar-refractivity contribution in [1.29, 1.82) is 0 Å². The summed E-state index contributed by atoms with van der Waals surface area (Å²) in [6.07, 6.45) is 2.51. The second-order valence-electron chi connectivity index (χ2n) is 6.08. The molecule has 2 rings (SSSR count). The molecule has 4 nitrogen and oxygen atoms in total. The summed E-state index contributed by atoms with van der Waals surface area (Å²) in [6, 6.07) is 6.46. The largest absolute Gasteiger partial charge is 0.389 e. The maximum atomic E-state index is 12.4. The molecule has 0 bridgehead atoms. The Morgan fingerprint density at radius 3 is 2.38 bits per heavy atom. The van der Waals surface area contributed by atoms with E-state index in [4.69, 9.17) is 0 Å². The first kappa shape index (κ1) is 16.5. The molecular formula is C16H25NO3S. The highest BCUT2D eigenvalue weighted by molar-refractivity contribution is 7.89. The van der Waals surface area contributed by atoms with Crippen LogP contribution in [0.4, 0.5) is 0 Å². The molecule has 1 aromatic rings. The molecule has 2 N–H and O–H groups in total. The van der Waals surface area contributed by atoms with E-state index in [1.807, 2.05) is 0 Å². The van der Waals surface area contributed by atoms with Crippen LogP contribution < -0.4 is 4.72 Å². The Morgan fingerprint density at radius 2 is 1.90 bits per heavy atom. The van der Waals surface area contributed by atoms with Crippen LogP contribution in [0.2, 0.25) is 0 Å². The number of nitrogens with one attached hydrogen (secondary N) is 1. The summed E-state index contributed by atoms with van der Waals surface area (Å²) in [7, 11) is -3.48. The average molecular weight is 311 g/mol. The topological polar surface area (TPSA) is 66.4 Å². The van der Waals surface area contributed by atoms with E-state index >= 15 is 0 Å². The van der Waals surface area contributed by atoms with Gasteiger partial charge >= 0.3 is 0 Å². The predicted octanol–water partition coefficient (Wildman–Crippen LogP) is 2.84. The first-order chi connectivity index (χ1) is 9.85. The van der Waals surface area contributed by atoms with Crippen molar-refractivity contribution in [2.45, 2.75) is 57.1 Å². The van der Waals surface area contributed by atoms with Gasteiger partial charge in [-0.05, 0) is 49.3 Å². The number of benzene rings is 1. The molecule has 0 amide bonds. The molecule has 0 aromatic heterocycles. The summed E-state index contributed by atoms with van der Waals surface area (Å²) in [6.45, 7) is 5.95. The Bertz CT molecular complexity index is 566.